The van der Waals surface area contributed by atoms with Gasteiger partial charge in [-0.2, -0.15) is 0 Å². The topological polar surface area (TPSA) is 155 Å². The standard InChI is InChI=1S/C44H86NO9P/c1-3-5-7-9-11-13-15-17-19-20-21-22-23-25-27-29-31-33-35-37-51-38-41(39-52-55(49,50)53-40-42(45)44(47)48)54-43(46)36-34-32-30-28-26-24-18-16-14-12-10-8-6-4-2/h16,18,41-42H,3-15,17,19-40,45H2,1-2H3,(H,47,48)(H,49,50)/b18-16-. The third-order valence-corrected chi connectivity index (χ3v) is 11.0. The molecule has 326 valence electrons. The van der Waals surface area contributed by atoms with Crippen LogP contribution in [0.3, 0.4) is 0 Å². The molecule has 0 saturated carbocycles. The second kappa shape index (κ2) is 40.9. The highest BCUT2D eigenvalue weighted by Gasteiger charge is 2.27. The smallest absolute Gasteiger partial charge is 0.472 e. The maximum Gasteiger partial charge on any atom is 0.472 e. The van der Waals surface area contributed by atoms with E-state index in [0.29, 0.717) is 13.0 Å². The van der Waals surface area contributed by atoms with Gasteiger partial charge < -0.3 is 25.2 Å². The number of esters is 1. The maximum absolute atomic E-state index is 12.6. The van der Waals surface area contributed by atoms with E-state index < -0.39 is 45.1 Å². The van der Waals surface area contributed by atoms with Crippen LogP contribution in [0, 0.1) is 0 Å². The molecule has 3 atom stereocenters. The van der Waals surface area contributed by atoms with Crippen LogP contribution < -0.4 is 5.73 Å². The largest absolute Gasteiger partial charge is 0.480 e. The lowest BCUT2D eigenvalue weighted by Gasteiger charge is -2.20. The lowest BCUT2D eigenvalue weighted by Crippen LogP contribution is -2.34. The Balaban J connectivity index is 4.16. The summed E-state index contributed by atoms with van der Waals surface area (Å²) in [7, 11) is -4.61. The number of hydrogen-bond acceptors (Lipinski definition) is 8. The van der Waals surface area contributed by atoms with Crippen LogP contribution in [0.5, 0.6) is 0 Å². The quantitative estimate of drug-likeness (QED) is 0.0235. The number of hydrogen-bond donors (Lipinski definition) is 3. The molecule has 0 bridgehead atoms. The third-order valence-electron chi connectivity index (χ3n) is 10.0. The van der Waals surface area contributed by atoms with Crippen molar-refractivity contribution in [2.75, 3.05) is 26.4 Å². The second-order valence-electron chi connectivity index (χ2n) is 15.5. The monoisotopic (exact) mass is 804 g/mol. The number of ether oxygens (including phenoxy) is 2. The van der Waals surface area contributed by atoms with E-state index in [2.05, 4.69) is 26.0 Å². The number of nitrogens with two attached hydrogens (primary N) is 1. The summed E-state index contributed by atoms with van der Waals surface area (Å²) in [5.41, 5.74) is 5.36. The normalized spacial score (nSPS) is 14.0. The van der Waals surface area contributed by atoms with E-state index in [1.807, 2.05) is 0 Å². The van der Waals surface area contributed by atoms with E-state index in [4.69, 9.17) is 29.4 Å². The molecule has 0 heterocycles. The summed E-state index contributed by atoms with van der Waals surface area (Å²) < 4.78 is 33.4. The van der Waals surface area contributed by atoms with Crippen LogP contribution in [0.1, 0.15) is 219 Å². The van der Waals surface area contributed by atoms with Gasteiger partial charge >= 0.3 is 19.8 Å². The molecule has 0 fully saturated rings. The number of phosphoric ester groups is 1. The Hall–Kier alpha value is -1.29. The first-order valence-electron chi connectivity index (χ1n) is 22.7. The van der Waals surface area contributed by atoms with Crippen molar-refractivity contribution in [3.63, 3.8) is 0 Å². The van der Waals surface area contributed by atoms with Gasteiger partial charge in [0, 0.05) is 13.0 Å². The van der Waals surface area contributed by atoms with E-state index >= 15 is 0 Å². The van der Waals surface area contributed by atoms with E-state index in [1.54, 1.807) is 0 Å². The van der Waals surface area contributed by atoms with Gasteiger partial charge in [-0.3, -0.25) is 18.6 Å². The summed E-state index contributed by atoms with van der Waals surface area (Å²) in [5.74, 6) is -1.78. The molecule has 0 aromatic heterocycles. The zero-order valence-electron chi connectivity index (χ0n) is 35.5. The first-order chi connectivity index (χ1) is 26.7. The van der Waals surface area contributed by atoms with Crippen LogP contribution in [-0.4, -0.2) is 60.5 Å². The number of phosphoric acid groups is 1. The Morgan fingerprint density at radius 1 is 0.564 bits per heavy atom. The fourth-order valence-electron chi connectivity index (χ4n) is 6.48. The molecule has 10 nitrogen and oxygen atoms in total. The van der Waals surface area contributed by atoms with E-state index in [1.165, 1.54) is 141 Å². The van der Waals surface area contributed by atoms with Gasteiger partial charge in [-0.15, -0.1) is 0 Å². The molecule has 0 aliphatic heterocycles. The van der Waals surface area contributed by atoms with Crippen molar-refractivity contribution in [2.45, 2.75) is 231 Å². The van der Waals surface area contributed by atoms with E-state index in [0.717, 1.165) is 51.4 Å². The maximum atomic E-state index is 12.6. The van der Waals surface area contributed by atoms with Crippen LogP contribution in [0.2, 0.25) is 0 Å². The molecule has 0 spiro atoms. The number of allylic oxidation sites excluding steroid dienone is 2. The van der Waals surface area contributed by atoms with Gasteiger partial charge in [0.25, 0.3) is 0 Å². The first-order valence-corrected chi connectivity index (χ1v) is 24.2. The van der Waals surface area contributed by atoms with Crippen LogP contribution >= 0.6 is 7.82 Å². The molecular weight excluding hydrogens is 717 g/mol. The second-order valence-corrected chi connectivity index (χ2v) is 17.0. The van der Waals surface area contributed by atoms with Gasteiger partial charge in [-0.05, 0) is 38.5 Å². The Kier molecular flexibility index (Phi) is 39.9. The van der Waals surface area contributed by atoms with Crippen LogP contribution in [-0.2, 0) is 32.7 Å². The molecule has 0 rings (SSSR count). The summed E-state index contributed by atoms with van der Waals surface area (Å²) in [4.78, 5) is 33.5. The zero-order chi connectivity index (χ0) is 40.5. The van der Waals surface area contributed by atoms with E-state index in [-0.39, 0.29) is 13.0 Å². The third kappa shape index (κ3) is 40.7. The van der Waals surface area contributed by atoms with Gasteiger partial charge in [0.05, 0.1) is 19.8 Å². The van der Waals surface area contributed by atoms with Gasteiger partial charge in [-0.25, -0.2) is 4.57 Å². The average Bonchev–Trinajstić information content (AvgIpc) is 3.16. The van der Waals surface area contributed by atoms with Crippen LogP contribution in [0.4, 0.5) is 0 Å². The molecule has 0 aliphatic rings. The number of carbonyl (C=O) groups excluding carboxylic acids is 1. The van der Waals surface area contributed by atoms with Crippen LogP contribution in [0.25, 0.3) is 0 Å². The SMILES string of the molecule is CCCCCCC/C=C\CCCCCCCC(=O)OC(COCCCCCCCCCCCCCCCCCCCCC)COP(=O)(O)OCC(N)C(=O)O. The molecule has 4 N–H and O–H groups in total. The summed E-state index contributed by atoms with van der Waals surface area (Å²) >= 11 is 0. The Bertz CT molecular complexity index is 935. The fraction of sp³-hybridized carbons (Fsp3) is 0.909. The lowest BCUT2D eigenvalue weighted by molar-refractivity contribution is -0.154. The van der Waals surface area contributed by atoms with Gasteiger partial charge in [0.15, 0.2) is 0 Å². The van der Waals surface area contributed by atoms with Crippen molar-refractivity contribution >= 4 is 19.8 Å². The Morgan fingerprint density at radius 3 is 1.38 bits per heavy atom. The predicted octanol–water partition coefficient (Wildman–Crippen LogP) is 12.5. The highest BCUT2D eigenvalue weighted by atomic mass is 31.2. The summed E-state index contributed by atoms with van der Waals surface area (Å²) in [6.45, 7) is 3.90. The molecule has 11 heteroatoms. The Labute approximate surface area is 337 Å². The van der Waals surface area contributed by atoms with Gasteiger partial charge in [0.1, 0.15) is 12.1 Å². The highest BCUT2D eigenvalue weighted by Crippen LogP contribution is 2.43. The number of unbranched alkanes of at least 4 members (excludes halogenated alkanes) is 28. The molecule has 55 heavy (non-hydrogen) atoms. The molecule has 0 aromatic rings. The van der Waals surface area contributed by atoms with Crippen molar-refractivity contribution in [2.24, 2.45) is 5.73 Å². The van der Waals surface area contributed by atoms with Crippen molar-refractivity contribution < 1.29 is 42.7 Å². The van der Waals surface area contributed by atoms with Crippen molar-refractivity contribution in [3.8, 4) is 0 Å². The van der Waals surface area contributed by atoms with Crippen molar-refractivity contribution in [1.29, 1.82) is 0 Å². The number of aliphatic carboxylic acids is 1. The number of carboxylic acids is 1. The summed E-state index contributed by atoms with van der Waals surface area (Å²) in [6.07, 6.45) is 42.6. The van der Waals surface area contributed by atoms with E-state index in [9.17, 15) is 19.0 Å². The molecule has 0 amide bonds. The average molecular weight is 804 g/mol. The van der Waals surface area contributed by atoms with Crippen LogP contribution in [0.15, 0.2) is 12.2 Å². The lowest BCUT2D eigenvalue weighted by atomic mass is 10.0. The molecule has 0 saturated heterocycles. The molecule has 0 radical (unpaired) electrons. The molecule has 3 unspecified atom stereocenters. The predicted molar refractivity (Wildman–Crippen MR) is 226 cm³/mol. The summed E-state index contributed by atoms with van der Waals surface area (Å²) in [6, 6.07) is -1.47. The number of carboxylic acid groups (broad SMARTS) is 1. The molecular formula is C44H86NO9P. The van der Waals surface area contributed by atoms with Gasteiger partial charge in [0.2, 0.25) is 0 Å². The first kappa shape index (κ1) is 53.7. The highest BCUT2D eigenvalue weighted by molar-refractivity contribution is 7.47. The minimum absolute atomic E-state index is 0.0195. The number of carbonyl (C=O) groups is 2. The minimum atomic E-state index is -4.61. The van der Waals surface area contributed by atoms with Crippen molar-refractivity contribution in [3.05, 3.63) is 12.2 Å². The fourth-order valence-corrected chi connectivity index (χ4v) is 7.26. The Morgan fingerprint density at radius 2 is 0.945 bits per heavy atom. The van der Waals surface area contributed by atoms with Gasteiger partial charge in [-0.1, -0.05) is 187 Å². The summed E-state index contributed by atoms with van der Waals surface area (Å²) in [5, 5.41) is 8.90. The number of rotatable bonds is 44. The molecule has 0 aliphatic carbocycles. The molecule has 0 aromatic carbocycles. The zero-order valence-corrected chi connectivity index (χ0v) is 36.4. The minimum Gasteiger partial charge on any atom is -0.480 e. The van der Waals surface area contributed by atoms with Crippen molar-refractivity contribution in [1.82, 2.24) is 0 Å².